The minimum absolute atomic E-state index is 0.0467. The number of phenolic OH excluding ortho intramolecular Hbond substituents is 2. The zero-order chi connectivity index (χ0) is 40.6. The highest BCUT2D eigenvalue weighted by molar-refractivity contribution is 8.01. The van der Waals surface area contributed by atoms with E-state index in [1.54, 1.807) is 13.0 Å². The molecule has 0 saturated carbocycles. The van der Waals surface area contributed by atoms with Gasteiger partial charge in [-0.05, 0) is 50.6 Å². The van der Waals surface area contributed by atoms with Gasteiger partial charge in [0.2, 0.25) is 5.60 Å². The van der Waals surface area contributed by atoms with Gasteiger partial charge in [0, 0.05) is 28.1 Å². The van der Waals surface area contributed by atoms with Gasteiger partial charge in [-0.3, -0.25) is 34.9 Å². The standard InChI is InChI=1S/C31H29N11O11S3/c1-11-6-17(42-30(33-11)36-21(39-42)27(50)51)54-8-13-9-55-25-19(24(47)41(25)20(13)26(48)49)35-23(46)18(14-10-56-29(32)34-14)40-53-31(2,3)28(52)38-37-22(45)12-4-5-15(43)16(44)7-12/h4-7,10,19,25,43-44H,8-9H2,1-3H3,(H2,32,34)(H,35,46)(H,37,45)(H,38,52)(H,48,49)(H,50,51)/b40-18+/t19-,25-/m1/s1. The number of nitrogens with two attached hydrogens (primary N) is 1. The van der Waals surface area contributed by atoms with E-state index in [9.17, 15) is 49.2 Å². The lowest BCUT2D eigenvalue weighted by Gasteiger charge is -2.49. The summed E-state index contributed by atoms with van der Waals surface area (Å²) in [7, 11) is 0. The number of aromatic carboxylic acids is 1. The normalized spacial score (nSPS) is 16.9. The third kappa shape index (κ3) is 7.85. The van der Waals surface area contributed by atoms with Gasteiger partial charge < -0.3 is 36.3 Å². The molecule has 3 aromatic heterocycles. The molecule has 2 aliphatic rings. The van der Waals surface area contributed by atoms with E-state index in [1.807, 2.05) is 0 Å². The molecule has 56 heavy (non-hydrogen) atoms. The summed E-state index contributed by atoms with van der Waals surface area (Å²) in [6.45, 7) is 4.22. The molecule has 2 aliphatic heterocycles. The SMILES string of the molecule is Cc1cc(SCC2=C(C(=O)O)N3C(=O)[C@@H](NC(=O)/C(=N/OC(C)(C)C(=O)NNC(=O)c4ccc(O)c(O)c4)c4csc(N)n4)[C@H]3SC2)n2nc(C(=O)O)nc2n1. The first kappa shape index (κ1) is 39.2. The number of hydrogen-bond donors (Lipinski definition) is 8. The van der Waals surface area contributed by atoms with Crippen LogP contribution in [0.4, 0.5) is 5.13 Å². The second-order valence-electron chi connectivity index (χ2n) is 12.3. The van der Waals surface area contributed by atoms with Crippen molar-refractivity contribution in [2.24, 2.45) is 5.16 Å². The molecule has 1 aromatic carbocycles. The van der Waals surface area contributed by atoms with Crippen LogP contribution in [-0.2, 0) is 24.0 Å². The third-order valence-electron chi connectivity index (χ3n) is 7.95. The van der Waals surface area contributed by atoms with E-state index >= 15 is 0 Å². The quantitative estimate of drug-likeness (QED) is 0.0234. The number of aliphatic carboxylic acids is 1. The Morgan fingerprint density at radius 3 is 2.48 bits per heavy atom. The average molecular weight is 828 g/mol. The number of benzene rings is 1. The summed E-state index contributed by atoms with van der Waals surface area (Å²) in [5.41, 5.74) is 8.23. The number of anilines is 1. The lowest BCUT2D eigenvalue weighted by molar-refractivity contribution is -0.150. The summed E-state index contributed by atoms with van der Waals surface area (Å²) < 4.78 is 1.23. The van der Waals surface area contributed by atoms with Crippen LogP contribution in [0.3, 0.4) is 0 Å². The van der Waals surface area contributed by atoms with Gasteiger partial charge in [-0.25, -0.2) is 19.6 Å². The second-order valence-corrected chi connectivity index (χ2v) is 15.3. The predicted molar refractivity (Wildman–Crippen MR) is 196 cm³/mol. The fraction of sp³-hybridized carbons (Fsp3) is 0.258. The maximum Gasteiger partial charge on any atom is 0.375 e. The number of aromatic hydroxyl groups is 2. The molecule has 4 amide bonds. The molecule has 9 N–H and O–H groups in total. The molecule has 25 heteroatoms. The summed E-state index contributed by atoms with van der Waals surface area (Å²) in [4.78, 5) is 95.1. The highest BCUT2D eigenvalue weighted by Crippen LogP contribution is 2.41. The number of nitrogens with one attached hydrogen (secondary N) is 3. The zero-order valence-corrected chi connectivity index (χ0v) is 31.5. The molecular formula is C31H29N11O11S3. The number of rotatable bonds is 12. The lowest BCUT2D eigenvalue weighted by Crippen LogP contribution is -2.71. The minimum Gasteiger partial charge on any atom is -0.504 e. The number of phenols is 2. The molecule has 292 valence electrons. The number of fused-ring (bicyclic) bond motifs is 2. The Labute approximate surface area is 326 Å². The van der Waals surface area contributed by atoms with E-state index < -0.39 is 75.6 Å². The molecular weight excluding hydrogens is 799 g/mol. The van der Waals surface area contributed by atoms with Gasteiger partial charge in [-0.2, -0.15) is 9.50 Å². The van der Waals surface area contributed by atoms with Gasteiger partial charge in [-0.1, -0.05) is 5.16 Å². The van der Waals surface area contributed by atoms with Gasteiger partial charge in [0.15, 0.2) is 22.3 Å². The summed E-state index contributed by atoms with van der Waals surface area (Å²) in [5, 5.41) is 50.0. The maximum atomic E-state index is 13.6. The van der Waals surface area contributed by atoms with Crippen molar-refractivity contribution in [1.82, 2.24) is 45.6 Å². The fourth-order valence-electron chi connectivity index (χ4n) is 5.12. The van der Waals surface area contributed by atoms with Crippen LogP contribution < -0.4 is 21.9 Å². The Bertz CT molecular complexity index is 2390. The van der Waals surface area contributed by atoms with Crippen LogP contribution in [0.2, 0.25) is 0 Å². The smallest absolute Gasteiger partial charge is 0.375 e. The first-order chi connectivity index (χ1) is 26.4. The Kier molecular flexibility index (Phi) is 10.7. The number of oxime groups is 1. The van der Waals surface area contributed by atoms with E-state index in [0.29, 0.717) is 16.3 Å². The van der Waals surface area contributed by atoms with Gasteiger partial charge in [0.05, 0.1) is 0 Å². The molecule has 0 radical (unpaired) electrons. The molecule has 0 aliphatic carbocycles. The van der Waals surface area contributed by atoms with Crippen molar-refractivity contribution in [3.8, 4) is 11.5 Å². The molecule has 0 unspecified atom stereocenters. The molecule has 0 spiro atoms. The van der Waals surface area contributed by atoms with Gasteiger partial charge in [0.1, 0.15) is 27.8 Å². The Morgan fingerprint density at radius 1 is 1.07 bits per heavy atom. The van der Waals surface area contributed by atoms with E-state index in [-0.39, 0.29) is 39.4 Å². The topological polar surface area (TPSA) is 326 Å². The highest BCUT2D eigenvalue weighted by Gasteiger charge is 2.54. The zero-order valence-electron chi connectivity index (χ0n) is 29.0. The third-order valence-corrected chi connectivity index (χ3v) is 11.0. The van der Waals surface area contributed by atoms with Crippen molar-refractivity contribution in [2.45, 2.75) is 42.8 Å². The molecule has 6 rings (SSSR count). The van der Waals surface area contributed by atoms with Crippen LogP contribution in [0.1, 0.15) is 46.2 Å². The number of carbonyl (C=O) groups excluding carboxylic acids is 4. The number of thiazole rings is 1. The van der Waals surface area contributed by atoms with Crippen molar-refractivity contribution in [1.29, 1.82) is 0 Å². The van der Waals surface area contributed by atoms with Crippen LogP contribution in [0, 0.1) is 6.92 Å². The minimum atomic E-state index is -1.83. The first-order valence-corrected chi connectivity index (χ1v) is 18.8. The van der Waals surface area contributed by atoms with Crippen molar-refractivity contribution in [2.75, 3.05) is 17.2 Å². The largest absolute Gasteiger partial charge is 0.504 e. The van der Waals surface area contributed by atoms with Crippen LogP contribution in [0.15, 0.2) is 51.1 Å². The number of nitrogens with zero attached hydrogens (tertiary/aromatic N) is 7. The van der Waals surface area contributed by atoms with Crippen LogP contribution in [0.5, 0.6) is 11.5 Å². The number of aryl methyl sites for hydroxylation is 1. The lowest BCUT2D eigenvalue weighted by atomic mass is 10.0. The van der Waals surface area contributed by atoms with Crippen molar-refractivity contribution >= 4 is 87.0 Å². The number of nitrogen functional groups attached to an aromatic ring is 1. The van der Waals surface area contributed by atoms with Crippen LogP contribution >= 0.6 is 34.9 Å². The number of amides is 4. The molecule has 2 atom stereocenters. The van der Waals surface area contributed by atoms with Crippen LogP contribution in [0.25, 0.3) is 5.78 Å². The number of carboxylic acid groups (broad SMARTS) is 2. The number of carboxylic acids is 2. The molecule has 22 nitrogen and oxygen atoms in total. The summed E-state index contributed by atoms with van der Waals surface area (Å²) in [6.07, 6.45) is 0. The van der Waals surface area contributed by atoms with Gasteiger partial charge in [-0.15, -0.1) is 40.0 Å². The average Bonchev–Trinajstić information content (AvgIpc) is 3.78. The van der Waals surface area contributed by atoms with E-state index in [0.717, 1.165) is 40.1 Å². The summed E-state index contributed by atoms with van der Waals surface area (Å²) in [5.74, 6) is -7.37. The number of aromatic nitrogens is 5. The van der Waals surface area contributed by atoms with Gasteiger partial charge >= 0.3 is 11.9 Å². The number of carbonyl (C=O) groups is 6. The maximum absolute atomic E-state index is 13.6. The Hall–Kier alpha value is -6.47. The molecule has 0 bridgehead atoms. The van der Waals surface area contributed by atoms with Crippen LogP contribution in [-0.4, -0.2) is 120 Å². The molecule has 5 heterocycles. The monoisotopic (exact) mass is 827 g/mol. The number of hydrogen-bond acceptors (Lipinski definition) is 18. The Morgan fingerprint density at radius 2 is 1.82 bits per heavy atom. The molecule has 1 saturated heterocycles. The first-order valence-electron chi connectivity index (χ1n) is 15.9. The van der Waals surface area contributed by atoms with E-state index in [4.69, 9.17) is 10.6 Å². The number of β-lactam (4-membered cyclic amide) rings is 1. The number of hydrazine groups is 1. The van der Waals surface area contributed by atoms with Crippen molar-refractivity contribution in [3.63, 3.8) is 0 Å². The number of thioether (sulfide) groups is 2. The van der Waals surface area contributed by atoms with E-state index in [2.05, 4.69) is 41.4 Å². The predicted octanol–water partition coefficient (Wildman–Crippen LogP) is 0.0722. The summed E-state index contributed by atoms with van der Waals surface area (Å²) >= 11 is 3.31. The van der Waals surface area contributed by atoms with Crippen molar-refractivity contribution in [3.05, 3.63) is 63.7 Å². The molecule has 4 aromatic rings. The second kappa shape index (κ2) is 15.3. The summed E-state index contributed by atoms with van der Waals surface area (Å²) in [6, 6.07) is 3.69. The fourth-order valence-corrected chi connectivity index (χ4v) is 8.20. The van der Waals surface area contributed by atoms with E-state index in [1.165, 1.54) is 41.6 Å². The molecule has 1 fully saturated rings. The van der Waals surface area contributed by atoms with Crippen molar-refractivity contribution < 1.29 is 54.0 Å². The highest BCUT2D eigenvalue weighted by atomic mass is 32.2. The Balaban J connectivity index is 1.14. The van der Waals surface area contributed by atoms with Gasteiger partial charge in [0.25, 0.3) is 35.2 Å².